The third-order valence-corrected chi connectivity index (χ3v) is 14.6. The predicted octanol–water partition coefficient (Wildman–Crippen LogP) is 4.35. The van der Waals surface area contributed by atoms with E-state index in [9.17, 15) is 13.2 Å². The van der Waals surface area contributed by atoms with Crippen molar-refractivity contribution >= 4 is 44.7 Å². The van der Waals surface area contributed by atoms with Gasteiger partial charge in [-0.15, -0.1) is 0 Å². The molecule has 0 N–H and O–H groups in total. The summed E-state index contributed by atoms with van der Waals surface area (Å²) in [6.45, 7) is -2.09. The van der Waals surface area contributed by atoms with Gasteiger partial charge in [-0.3, -0.25) is 0 Å². The zero-order valence-corrected chi connectivity index (χ0v) is 23.9. The van der Waals surface area contributed by atoms with E-state index in [0.717, 1.165) is 5.06 Å². The molecule has 11 heteroatoms. The summed E-state index contributed by atoms with van der Waals surface area (Å²) in [6, 6.07) is 26.5. The standard InChI is InChI=1S/C30H28N3O6PS/c1-2-20-40(24-12-6-3-7-13-24,25-14-8-4-9-15-25,26-16-10-5-11-17-26)39-41(35,36)38-33-28-22-32(30(33)34)19-18-27(28)29-21-31-23-37-29/h2-18,20-21,23,28H,19,22H2,1H3. The van der Waals surface area contributed by atoms with Crippen LogP contribution in [0.5, 0.6) is 0 Å². The third-order valence-electron chi connectivity index (χ3n) is 7.40. The molecule has 0 saturated carbocycles. The molecule has 0 spiro atoms. The zero-order chi connectivity index (χ0) is 28.5. The van der Waals surface area contributed by atoms with Gasteiger partial charge in [0.2, 0.25) is 0 Å². The molecule has 3 aromatic carbocycles. The van der Waals surface area contributed by atoms with Crippen LogP contribution < -0.4 is 15.9 Å². The monoisotopic (exact) mass is 589 g/mol. The number of hydroxylamine groups is 2. The van der Waals surface area contributed by atoms with Gasteiger partial charge in [-0.25, -0.2) is 0 Å². The number of urea groups is 1. The molecule has 2 aliphatic rings. The summed E-state index contributed by atoms with van der Waals surface area (Å²) < 4.78 is 46.1. The molecule has 9 nitrogen and oxygen atoms in total. The number of allylic oxidation sites excluding steroid dienone is 1. The fourth-order valence-corrected chi connectivity index (χ4v) is 13.2. The van der Waals surface area contributed by atoms with Gasteiger partial charge < -0.3 is 0 Å². The minimum atomic E-state index is -4.90. The van der Waals surface area contributed by atoms with Crippen molar-refractivity contribution in [3.63, 3.8) is 0 Å². The fourth-order valence-electron chi connectivity index (χ4n) is 5.68. The quantitative estimate of drug-likeness (QED) is 0.268. The first-order chi connectivity index (χ1) is 19.9. The number of rotatable bonds is 9. The van der Waals surface area contributed by atoms with E-state index in [0.29, 0.717) is 27.2 Å². The summed E-state index contributed by atoms with van der Waals surface area (Å²) in [5, 5.41) is 2.81. The average Bonchev–Trinajstić information content (AvgIpc) is 3.62. The van der Waals surface area contributed by atoms with Gasteiger partial charge in [0, 0.05) is 0 Å². The number of fused-ring (bicyclic) bond motifs is 2. The Kier molecular flexibility index (Phi) is 6.87. The molecule has 0 radical (unpaired) electrons. The Hall–Kier alpha value is -4.08. The van der Waals surface area contributed by atoms with Gasteiger partial charge in [-0.1, -0.05) is 0 Å². The van der Waals surface area contributed by atoms with Gasteiger partial charge in [0.1, 0.15) is 0 Å². The van der Waals surface area contributed by atoms with Gasteiger partial charge in [0.25, 0.3) is 0 Å². The van der Waals surface area contributed by atoms with Crippen LogP contribution in [-0.2, 0) is 18.7 Å². The predicted molar refractivity (Wildman–Crippen MR) is 158 cm³/mol. The molecule has 0 aliphatic carbocycles. The van der Waals surface area contributed by atoms with E-state index < -0.39 is 29.3 Å². The number of hydrogen-bond acceptors (Lipinski definition) is 7. The molecular weight excluding hydrogens is 561 g/mol. The van der Waals surface area contributed by atoms with Crippen molar-refractivity contribution in [1.29, 1.82) is 0 Å². The Morgan fingerprint density at radius 3 is 1.98 bits per heavy atom. The Morgan fingerprint density at radius 1 is 0.927 bits per heavy atom. The molecule has 1 atom stereocenters. The van der Waals surface area contributed by atoms with Crippen LogP contribution in [0.4, 0.5) is 4.79 Å². The molecule has 1 saturated heterocycles. The number of carbonyl (C=O) groups is 1. The van der Waals surface area contributed by atoms with Crippen molar-refractivity contribution in [3.05, 3.63) is 127 Å². The number of aromatic nitrogens is 1. The fraction of sp³-hybridized carbons (Fsp3) is 0.133. The van der Waals surface area contributed by atoms with Crippen molar-refractivity contribution in [1.82, 2.24) is 14.9 Å². The van der Waals surface area contributed by atoms with Crippen LogP contribution in [-0.4, -0.2) is 48.5 Å². The first-order valence-electron chi connectivity index (χ1n) is 13.0. The maximum atomic E-state index is 14.2. The molecule has 2 aliphatic heterocycles. The molecule has 1 fully saturated rings. The van der Waals surface area contributed by atoms with E-state index in [1.54, 1.807) is 12.2 Å². The third kappa shape index (κ3) is 4.40. The first-order valence-corrected chi connectivity index (χ1v) is 16.6. The van der Waals surface area contributed by atoms with Crippen LogP contribution >= 0.6 is 6.83 Å². The SMILES string of the molecule is CC=CP(OS(=O)(=O)ON1C(=O)N2CC=C(c3cnco3)C1C2)(c1ccccc1)(c1ccccc1)c1ccccc1. The second-order valence-corrected chi connectivity index (χ2v) is 15.3. The molecule has 1 unspecified atom stereocenters. The van der Waals surface area contributed by atoms with E-state index in [2.05, 4.69) is 4.98 Å². The molecule has 6 rings (SSSR count). The Labute approximate surface area is 238 Å². The zero-order valence-electron chi connectivity index (χ0n) is 22.2. The van der Waals surface area contributed by atoms with Crippen LogP contribution in [0.3, 0.4) is 0 Å². The van der Waals surface area contributed by atoms with Crippen LogP contribution in [0, 0.1) is 0 Å². The summed E-state index contributed by atoms with van der Waals surface area (Å²) in [6.07, 6.45) is 6.41. The average molecular weight is 590 g/mol. The topological polar surface area (TPSA) is 102 Å². The Morgan fingerprint density at radius 2 is 1.49 bits per heavy atom. The van der Waals surface area contributed by atoms with Crippen LogP contribution in [0.2, 0.25) is 0 Å². The van der Waals surface area contributed by atoms with Crippen LogP contribution in [0.25, 0.3) is 5.57 Å². The van der Waals surface area contributed by atoms with E-state index in [1.807, 2.05) is 104 Å². The van der Waals surface area contributed by atoms with E-state index in [4.69, 9.17) is 12.7 Å². The van der Waals surface area contributed by atoms with Gasteiger partial charge in [-0.05, 0) is 0 Å². The van der Waals surface area contributed by atoms with Crippen molar-refractivity contribution in [2.45, 2.75) is 13.0 Å². The molecule has 210 valence electrons. The van der Waals surface area contributed by atoms with Crippen LogP contribution in [0.1, 0.15) is 12.7 Å². The molecular formula is C30H28N3O6PS. The van der Waals surface area contributed by atoms with Gasteiger partial charge >= 0.3 is 239 Å². The Balaban J connectivity index is 1.52. The molecule has 41 heavy (non-hydrogen) atoms. The summed E-state index contributed by atoms with van der Waals surface area (Å²) in [5.41, 5.74) is 0.611. The summed E-state index contributed by atoms with van der Waals surface area (Å²) in [5.74, 6) is 2.27. The second-order valence-electron chi connectivity index (χ2n) is 9.70. The van der Waals surface area contributed by atoms with E-state index >= 15 is 0 Å². The number of carbonyl (C=O) groups excluding carboxylic acids is 1. The number of hydrogen-bond donors (Lipinski definition) is 0. The van der Waals surface area contributed by atoms with Gasteiger partial charge in [0.15, 0.2) is 0 Å². The normalized spacial score (nSPS) is 18.4. The molecule has 2 bridgehead atoms. The molecule has 3 heterocycles. The molecule has 2 amide bonds. The minimum absolute atomic E-state index is 0.232. The van der Waals surface area contributed by atoms with Crippen molar-refractivity contribution in [2.75, 3.05) is 13.1 Å². The van der Waals surface area contributed by atoms with Gasteiger partial charge in [0.05, 0.1) is 0 Å². The number of nitrogens with zero attached hydrogens (tertiary/aromatic N) is 3. The van der Waals surface area contributed by atoms with Crippen molar-refractivity contribution in [2.24, 2.45) is 0 Å². The first kappa shape index (κ1) is 27.1. The van der Waals surface area contributed by atoms with Crippen LogP contribution in [0.15, 0.2) is 126 Å². The molecule has 1 aromatic heterocycles. The number of amides is 2. The van der Waals surface area contributed by atoms with Crippen molar-refractivity contribution < 1.29 is 25.9 Å². The van der Waals surface area contributed by atoms with E-state index in [-0.39, 0.29) is 13.1 Å². The summed E-state index contributed by atoms with van der Waals surface area (Å²) in [7, 11) is -4.90. The second kappa shape index (κ2) is 10.4. The number of benzene rings is 3. The Bertz CT molecular complexity index is 1610. The van der Waals surface area contributed by atoms with E-state index in [1.165, 1.54) is 17.5 Å². The van der Waals surface area contributed by atoms with Gasteiger partial charge in [-0.2, -0.15) is 0 Å². The van der Waals surface area contributed by atoms with Crippen molar-refractivity contribution in [3.8, 4) is 0 Å². The number of oxazole rings is 1. The maximum absolute atomic E-state index is 14.2. The summed E-state index contributed by atoms with van der Waals surface area (Å²) in [4.78, 5) is 18.7. The summed E-state index contributed by atoms with van der Waals surface area (Å²) >= 11 is 0. The molecule has 4 aromatic rings.